The van der Waals surface area contributed by atoms with E-state index in [-0.39, 0.29) is 12.5 Å². The highest BCUT2D eigenvalue weighted by Gasteiger charge is 2.38. The lowest BCUT2D eigenvalue weighted by Gasteiger charge is -2.24. The van der Waals surface area contributed by atoms with Crippen LogP contribution in [0, 0.1) is 11.8 Å². The Morgan fingerprint density at radius 1 is 1.38 bits per heavy atom. The Bertz CT molecular complexity index is 277. The standard InChI is InChI=1S/C11H19NO4/c1-7(13)6-12(2)10(14)8-4-3-5-9(8)11(15)16/h7-9,13H,3-6H2,1-2H3,(H,15,16)/t7?,8-,9+/m1/s1. The first-order valence-corrected chi connectivity index (χ1v) is 5.59. The number of hydrogen-bond acceptors (Lipinski definition) is 3. The molecule has 16 heavy (non-hydrogen) atoms. The van der Waals surface area contributed by atoms with Crippen molar-refractivity contribution in [1.29, 1.82) is 0 Å². The molecule has 1 aliphatic rings. The smallest absolute Gasteiger partial charge is 0.307 e. The van der Waals surface area contributed by atoms with Crippen molar-refractivity contribution in [3.05, 3.63) is 0 Å². The third-order valence-electron chi connectivity index (χ3n) is 3.06. The van der Waals surface area contributed by atoms with E-state index in [1.54, 1.807) is 14.0 Å². The van der Waals surface area contributed by atoms with E-state index in [1.807, 2.05) is 0 Å². The van der Waals surface area contributed by atoms with Gasteiger partial charge in [-0.15, -0.1) is 0 Å². The Labute approximate surface area is 95.1 Å². The third-order valence-corrected chi connectivity index (χ3v) is 3.06. The number of amides is 1. The molecular formula is C11H19NO4. The highest BCUT2D eigenvalue weighted by atomic mass is 16.4. The molecule has 0 aromatic carbocycles. The number of carboxylic acid groups (broad SMARTS) is 1. The summed E-state index contributed by atoms with van der Waals surface area (Å²) < 4.78 is 0. The van der Waals surface area contributed by atoms with Crippen molar-refractivity contribution < 1.29 is 19.8 Å². The number of carbonyl (C=O) groups excluding carboxylic acids is 1. The van der Waals surface area contributed by atoms with Gasteiger partial charge < -0.3 is 15.1 Å². The summed E-state index contributed by atoms with van der Waals surface area (Å²) in [5.74, 6) is -2.02. The number of aliphatic hydroxyl groups is 1. The predicted molar refractivity (Wildman–Crippen MR) is 57.8 cm³/mol. The molecule has 92 valence electrons. The van der Waals surface area contributed by atoms with Crippen molar-refractivity contribution in [2.75, 3.05) is 13.6 Å². The van der Waals surface area contributed by atoms with Crippen LogP contribution in [-0.2, 0) is 9.59 Å². The predicted octanol–water partition coefficient (Wildman–Crippen LogP) is 0.326. The Balaban J connectivity index is 2.62. The quantitative estimate of drug-likeness (QED) is 0.728. The van der Waals surface area contributed by atoms with Gasteiger partial charge in [-0.05, 0) is 19.8 Å². The molecule has 0 heterocycles. The summed E-state index contributed by atoms with van der Waals surface area (Å²) in [7, 11) is 1.60. The van der Waals surface area contributed by atoms with Crippen LogP contribution in [0.1, 0.15) is 26.2 Å². The average Bonchev–Trinajstić information content (AvgIpc) is 2.63. The van der Waals surface area contributed by atoms with Crippen molar-refractivity contribution in [2.24, 2.45) is 11.8 Å². The molecule has 1 unspecified atom stereocenters. The molecule has 3 atom stereocenters. The topological polar surface area (TPSA) is 77.8 Å². The summed E-state index contributed by atoms with van der Waals surface area (Å²) in [4.78, 5) is 24.3. The minimum Gasteiger partial charge on any atom is -0.481 e. The van der Waals surface area contributed by atoms with E-state index < -0.39 is 23.9 Å². The molecule has 5 heteroatoms. The molecule has 0 spiro atoms. The molecule has 1 fully saturated rings. The second-order valence-corrected chi connectivity index (χ2v) is 4.55. The molecule has 0 aliphatic heterocycles. The maximum Gasteiger partial charge on any atom is 0.307 e. The monoisotopic (exact) mass is 229 g/mol. The number of carbonyl (C=O) groups is 2. The number of carboxylic acids is 1. The number of hydrogen-bond donors (Lipinski definition) is 2. The molecule has 0 aromatic heterocycles. The van der Waals surface area contributed by atoms with Crippen molar-refractivity contribution in [2.45, 2.75) is 32.3 Å². The van der Waals surface area contributed by atoms with Gasteiger partial charge >= 0.3 is 5.97 Å². The van der Waals surface area contributed by atoms with Crippen LogP contribution >= 0.6 is 0 Å². The molecule has 1 saturated carbocycles. The Kier molecular flexibility index (Phi) is 4.29. The highest BCUT2D eigenvalue weighted by molar-refractivity contribution is 5.85. The first kappa shape index (κ1) is 13.0. The lowest BCUT2D eigenvalue weighted by molar-refractivity contribution is -0.149. The van der Waals surface area contributed by atoms with Crippen LogP contribution < -0.4 is 0 Å². The Morgan fingerprint density at radius 2 is 1.94 bits per heavy atom. The maximum atomic E-state index is 11.9. The van der Waals surface area contributed by atoms with E-state index in [9.17, 15) is 14.7 Å². The summed E-state index contributed by atoms with van der Waals surface area (Å²) >= 11 is 0. The summed E-state index contributed by atoms with van der Waals surface area (Å²) in [6, 6.07) is 0. The van der Waals surface area contributed by atoms with Gasteiger partial charge in [0.05, 0.1) is 17.9 Å². The van der Waals surface area contributed by atoms with Gasteiger partial charge in [-0.2, -0.15) is 0 Å². The van der Waals surface area contributed by atoms with Crippen LogP contribution in [0.3, 0.4) is 0 Å². The van der Waals surface area contributed by atoms with Crippen LogP contribution in [0.25, 0.3) is 0 Å². The fourth-order valence-corrected chi connectivity index (χ4v) is 2.32. The van der Waals surface area contributed by atoms with Crippen LogP contribution in [-0.4, -0.2) is 46.7 Å². The Hall–Kier alpha value is -1.10. The van der Waals surface area contributed by atoms with Gasteiger partial charge in [0.2, 0.25) is 5.91 Å². The third kappa shape index (κ3) is 2.95. The van der Waals surface area contributed by atoms with Crippen molar-refractivity contribution >= 4 is 11.9 Å². The van der Waals surface area contributed by atoms with E-state index in [2.05, 4.69) is 0 Å². The fourth-order valence-electron chi connectivity index (χ4n) is 2.32. The first-order valence-electron chi connectivity index (χ1n) is 5.59. The summed E-state index contributed by atoms with van der Waals surface area (Å²) in [6.07, 6.45) is 1.42. The Morgan fingerprint density at radius 3 is 2.44 bits per heavy atom. The van der Waals surface area contributed by atoms with E-state index in [1.165, 1.54) is 4.90 Å². The molecule has 0 bridgehead atoms. The normalized spacial score (nSPS) is 26.4. The molecule has 1 rings (SSSR count). The van der Waals surface area contributed by atoms with Gasteiger partial charge in [0, 0.05) is 13.6 Å². The summed E-state index contributed by atoms with van der Waals surface area (Å²) in [5, 5.41) is 18.2. The molecule has 1 amide bonds. The van der Waals surface area contributed by atoms with Crippen LogP contribution in [0.15, 0.2) is 0 Å². The molecule has 0 aromatic rings. The number of aliphatic hydroxyl groups excluding tert-OH is 1. The van der Waals surface area contributed by atoms with Crippen molar-refractivity contribution in [3.63, 3.8) is 0 Å². The largest absolute Gasteiger partial charge is 0.481 e. The first-order chi connectivity index (χ1) is 7.43. The highest BCUT2D eigenvalue weighted by Crippen LogP contribution is 2.33. The number of nitrogens with zero attached hydrogens (tertiary/aromatic N) is 1. The molecule has 0 saturated heterocycles. The van der Waals surface area contributed by atoms with Gasteiger partial charge in [-0.1, -0.05) is 6.42 Å². The van der Waals surface area contributed by atoms with E-state index in [0.717, 1.165) is 6.42 Å². The van der Waals surface area contributed by atoms with E-state index in [4.69, 9.17) is 5.11 Å². The minimum atomic E-state index is -0.888. The number of rotatable bonds is 4. The average molecular weight is 229 g/mol. The molecule has 5 nitrogen and oxygen atoms in total. The van der Waals surface area contributed by atoms with Crippen LogP contribution in [0.4, 0.5) is 0 Å². The summed E-state index contributed by atoms with van der Waals surface area (Å²) in [6.45, 7) is 1.86. The molecule has 1 aliphatic carbocycles. The summed E-state index contributed by atoms with van der Waals surface area (Å²) in [5.41, 5.74) is 0. The second-order valence-electron chi connectivity index (χ2n) is 4.55. The van der Waals surface area contributed by atoms with Crippen LogP contribution in [0.2, 0.25) is 0 Å². The number of likely N-dealkylation sites (N-methyl/N-ethyl adjacent to an activating group) is 1. The van der Waals surface area contributed by atoms with Gasteiger partial charge in [0.1, 0.15) is 0 Å². The van der Waals surface area contributed by atoms with Crippen LogP contribution in [0.5, 0.6) is 0 Å². The minimum absolute atomic E-state index is 0.161. The molecule has 2 N–H and O–H groups in total. The van der Waals surface area contributed by atoms with E-state index in [0.29, 0.717) is 12.8 Å². The second kappa shape index (κ2) is 5.30. The molecule has 0 radical (unpaired) electrons. The van der Waals surface area contributed by atoms with Gasteiger partial charge in [-0.25, -0.2) is 0 Å². The van der Waals surface area contributed by atoms with E-state index >= 15 is 0 Å². The van der Waals surface area contributed by atoms with Crippen molar-refractivity contribution in [1.82, 2.24) is 4.90 Å². The lowest BCUT2D eigenvalue weighted by atomic mass is 9.95. The maximum absolute atomic E-state index is 11.9. The fraction of sp³-hybridized carbons (Fsp3) is 0.818. The van der Waals surface area contributed by atoms with Crippen molar-refractivity contribution in [3.8, 4) is 0 Å². The van der Waals surface area contributed by atoms with Gasteiger partial charge in [-0.3, -0.25) is 9.59 Å². The number of aliphatic carboxylic acids is 1. The molecular weight excluding hydrogens is 210 g/mol. The SMILES string of the molecule is CC(O)CN(C)C(=O)[C@@H]1CCC[C@@H]1C(=O)O. The van der Waals surface area contributed by atoms with Gasteiger partial charge in [0.25, 0.3) is 0 Å². The lowest BCUT2D eigenvalue weighted by Crippen LogP contribution is -2.39. The zero-order valence-corrected chi connectivity index (χ0v) is 9.72. The zero-order chi connectivity index (χ0) is 12.3. The zero-order valence-electron chi connectivity index (χ0n) is 9.72. The van der Waals surface area contributed by atoms with Gasteiger partial charge in [0.15, 0.2) is 0 Å².